The first-order valence-corrected chi connectivity index (χ1v) is 10.2. The second-order valence-corrected chi connectivity index (χ2v) is 9.03. The number of halogens is 3. The van der Waals surface area contributed by atoms with Gasteiger partial charge in [-0.1, -0.05) is 24.7 Å². The summed E-state index contributed by atoms with van der Waals surface area (Å²) in [7, 11) is -0.802. The van der Waals surface area contributed by atoms with Crippen LogP contribution in [-0.4, -0.2) is 26.2 Å². The summed E-state index contributed by atoms with van der Waals surface area (Å²) in [6.07, 6.45) is -0.567. The molecule has 0 saturated heterocycles. The van der Waals surface area contributed by atoms with Crippen LogP contribution in [0.2, 0.25) is 0 Å². The van der Waals surface area contributed by atoms with Crippen molar-refractivity contribution in [3.05, 3.63) is 23.8 Å². The molecule has 3 atom stereocenters. The average molecular weight is 376 g/mol. The molecule has 1 saturated carbocycles. The van der Waals surface area contributed by atoms with Gasteiger partial charge in [-0.05, 0) is 37.5 Å². The Balaban J connectivity index is 1.74. The van der Waals surface area contributed by atoms with Gasteiger partial charge in [0.2, 0.25) is 0 Å². The van der Waals surface area contributed by atoms with Crippen LogP contribution in [0.25, 0.3) is 10.2 Å². The van der Waals surface area contributed by atoms with E-state index in [4.69, 9.17) is 0 Å². The molecule has 2 aromatic rings. The molecule has 1 aromatic heterocycles. The molecule has 132 valence electrons. The Bertz CT molecular complexity index is 744. The molecule has 0 spiro atoms. The third kappa shape index (κ3) is 3.91. The molecule has 3 unspecified atom stereocenters. The van der Waals surface area contributed by atoms with E-state index in [9.17, 15) is 17.4 Å². The van der Waals surface area contributed by atoms with Gasteiger partial charge in [0.25, 0.3) is 0 Å². The molecule has 1 heterocycles. The van der Waals surface area contributed by atoms with E-state index in [1.807, 2.05) is 6.92 Å². The van der Waals surface area contributed by atoms with Crippen LogP contribution in [0, 0.1) is 0 Å². The number of fused-ring (bicyclic) bond motifs is 1. The number of nitrogens with zero attached hydrogens (tertiary/aromatic N) is 1. The third-order valence-electron chi connectivity index (χ3n) is 4.32. The molecule has 8 heteroatoms. The number of hydrogen-bond donors (Lipinski definition) is 1. The topological polar surface area (TPSA) is 42.0 Å². The molecular weight excluding hydrogens is 357 g/mol. The summed E-state index contributed by atoms with van der Waals surface area (Å²) in [4.78, 5) is 4.30. The maximum absolute atomic E-state index is 12.8. The minimum Gasteiger partial charge on any atom is -0.359 e. The SMILES string of the molecule is CCS(=O)C1CCCC(Nc2nc3cc(C(F)(F)F)ccc3s2)C1. The highest BCUT2D eigenvalue weighted by molar-refractivity contribution is 7.85. The van der Waals surface area contributed by atoms with Crippen LogP contribution in [0.1, 0.15) is 38.2 Å². The second-order valence-electron chi connectivity index (χ2n) is 6.00. The molecule has 0 radical (unpaired) electrons. The largest absolute Gasteiger partial charge is 0.416 e. The van der Waals surface area contributed by atoms with E-state index in [1.54, 1.807) is 0 Å². The van der Waals surface area contributed by atoms with Crippen LogP contribution in [0.5, 0.6) is 0 Å². The van der Waals surface area contributed by atoms with Crippen molar-refractivity contribution >= 4 is 37.5 Å². The molecule has 0 amide bonds. The van der Waals surface area contributed by atoms with Crippen LogP contribution < -0.4 is 5.32 Å². The Labute approximate surface area is 145 Å². The summed E-state index contributed by atoms with van der Waals surface area (Å²) < 4.78 is 51.1. The number of anilines is 1. The summed E-state index contributed by atoms with van der Waals surface area (Å²) in [5, 5.41) is 4.17. The lowest BCUT2D eigenvalue weighted by Gasteiger charge is -2.28. The lowest BCUT2D eigenvalue weighted by Crippen LogP contribution is -2.32. The number of aromatic nitrogens is 1. The lowest BCUT2D eigenvalue weighted by atomic mass is 9.95. The summed E-state index contributed by atoms with van der Waals surface area (Å²) in [5.74, 6) is 0.665. The van der Waals surface area contributed by atoms with E-state index in [2.05, 4.69) is 10.3 Å². The zero-order valence-corrected chi connectivity index (χ0v) is 14.9. The van der Waals surface area contributed by atoms with Gasteiger partial charge >= 0.3 is 6.18 Å². The zero-order valence-electron chi connectivity index (χ0n) is 13.2. The van der Waals surface area contributed by atoms with Crippen molar-refractivity contribution in [2.24, 2.45) is 0 Å². The molecule has 1 aromatic carbocycles. The molecule has 1 aliphatic carbocycles. The predicted molar refractivity (Wildman–Crippen MR) is 93.0 cm³/mol. The lowest BCUT2D eigenvalue weighted by molar-refractivity contribution is -0.137. The Kier molecular flexibility index (Phi) is 5.15. The zero-order chi connectivity index (χ0) is 17.3. The minimum atomic E-state index is -4.35. The summed E-state index contributed by atoms with van der Waals surface area (Å²) in [6.45, 7) is 1.93. The van der Waals surface area contributed by atoms with Gasteiger partial charge in [0.1, 0.15) is 0 Å². The summed E-state index contributed by atoms with van der Waals surface area (Å²) in [6, 6.07) is 3.83. The first-order chi connectivity index (χ1) is 11.4. The van der Waals surface area contributed by atoms with Crippen molar-refractivity contribution in [2.45, 2.75) is 50.1 Å². The molecule has 1 aliphatic rings. The van der Waals surface area contributed by atoms with Crippen LogP contribution in [-0.2, 0) is 17.0 Å². The molecule has 3 nitrogen and oxygen atoms in total. The van der Waals surface area contributed by atoms with Crippen LogP contribution in [0.15, 0.2) is 18.2 Å². The maximum Gasteiger partial charge on any atom is 0.416 e. The highest BCUT2D eigenvalue weighted by Gasteiger charge is 2.31. The van der Waals surface area contributed by atoms with Gasteiger partial charge in [0, 0.05) is 27.8 Å². The van der Waals surface area contributed by atoms with E-state index in [0.717, 1.165) is 42.5 Å². The van der Waals surface area contributed by atoms with E-state index in [1.165, 1.54) is 17.4 Å². The van der Waals surface area contributed by atoms with Crippen LogP contribution in [0.4, 0.5) is 18.3 Å². The van der Waals surface area contributed by atoms with Crippen molar-refractivity contribution in [1.82, 2.24) is 4.98 Å². The first-order valence-electron chi connectivity index (χ1n) is 7.98. The fourth-order valence-electron chi connectivity index (χ4n) is 3.09. The smallest absolute Gasteiger partial charge is 0.359 e. The van der Waals surface area contributed by atoms with E-state index < -0.39 is 22.5 Å². The number of hydrogen-bond acceptors (Lipinski definition) is 4. The fourth-order valence-corrected chi connectivity index (χ4v) is 5.36. The fraction of sp³-hybridized carbons (Fsp3) is 0.562. The highest BCUT2D eigenvalue weighted by Crippen LogP contribution is 2.35. The van der Waals surface area contributed by atoms with Gasteiger partial charge in [-0.25, -0.2) is 4.98 Å². The van der Waals surface area contributed by atoms with Gasteiger partial charge in [0.15, 0.2) is 5.13 Å². The van der Waals surface area contributed by atoms with Gasteiger partial charge < -0.3 is 5.32 Å². The quantitative estimate of drug-likeness (QED) is 0.833. The molecular formula is C16H19F3N2OS2. The second kappa shape index (κ2) is 7.00. The van der Waals surface area contributed by atoms with E-state index in [0.29, 0.717) is 16.4 Å². The van der Waals surface area contributed by atoms with Gasteiger partial charge in [0.05, 0.1) is 15.8 Å². The summed E-state index contributed by atoms with van der Waals surface area (Å²) >= 11 is 1.36. The first kappa shape index (κ1) is 17.7. The number of benzene rings is 1. The third-order valence-corrected chi connectivity index (χ3v) is 7.03. The monoisotopic (exact) mass is 376 g/mol. The van der Waals surface area contributed by atoms with Crippen molar-refractivity contribution < 1.29 is 17.4 Å². The number of alkyl halides is 3. The van der Waals surface area contributed by atoms with Crippen molar-refractivity contribution in [3.8, 4) is 0 Å². The molecule has 1 N–H and O–H groups in total. The highest BCUT2D eigenvalue weighted by atomic mass is 32.2. The van der Waals surface area contributed by atoms with Gasteiger partial charge in [-0.2, -0.15) is 13.2 Å². The average Bonchev–Trinajstić information content (AvgIpc) is 2.94. The van der Waals surface area contributed by atoms with Crippen molar-refractivity contribution in [3.63, 3.8) is 0 Å². The maximum atomic E-state index is 12.8. The van der Waals surface area contributed by atoms with Crippen LogP contribution >= 0.6 is 11.3 Å². The number of rotatable bonds is 4. The van der Waals surface area contributed by atoms with E-state index in [-0.39, 0.29) is 11.3 Å². The van der Waals surface area contributed by atoms with Crippen molar-refractivity contribution in [2.75, 3.05) is 11.1 Å². The Morgan fingerprint density at radius 2 is 2.17 bits per heavy atom. The van der Waals surface area contributed by atoms with Gasteiger partial charge in [-0.3, -0.25) is 4.21 Å². The normalized spacial score (nSPS) is 23.3. The van der Waals surface area contributed by atoms with E-state index >= 15 is 0 Å². The minimum absolute atomic E-state index is 0.182. The Morgan fingerprint density at radius 3 is 2.88 bits per heavy atom. The predicted octanol–water partition coefficient (Wildman–Crippen LogP) is 4.81. The van der Waals surface area contributed by atoms with Crippen LogP contribution in [0.3, 0.4) is 0 Å². The molecule has 1 fully saturated rings. The molecule has 0 bridgehead atoms. The Hall–Kier alpha value is -1.15. The summed E-state index contributed by atoms with van der Waals surface area (Å²) in [5.41, 5.74) is -0.315. The number of thiazole rings is 1. The Morgan fingerprint density at radius 1 is 1.38 bits per heavy atom. The molecule has 3 rings (SSSR count). The van der Waals surface area contributed by atoms with Gasteiger partial charge in [-0.15, -0.1) is 0 Å². The molecule has 0 aliphatic heterocycles. The van der Waals surface area contributed by atoms with Crippen molar-refractivity contribution in [1.29, 1.82) is 0 Å². The molecule has 24 heavy (non-hydrogen) atoms. The number of nitrogens with one attached hydrogen (secondary N) is 1. The standard InChI is InChI=1S/C16H19F3N2OS2/c1-2-24(22)12-5-3-4-11(9-12)20-15-21-13-8-10(16(17,18)19)6-7-14(13)23-15/h6-8,11-12H,2-5,9H2,1H3,(H,20,21).